The quantitative estimate of drug-likeness (QED) is 0.593. The standard InChI is InChI=1S/C23H23N3O2/c1-14-10-16(6-8-20(14)24)12-17-7-9-21(15(2)11-17)26-23(28)19-5-3-4-18(13-19)22(25)27/h3-11,13H,12,24H2,1-2H3,(H2,25,27)(H,26,28). The topological polar surface area (TPSA) is 98.2 Å². The normalized spacial score (nSPS) is 10.5. The molecule has 0 radical (unpaired) electrons. The van der Waals surface area contributed by atoms with Crippen LogP contribution in [0.2, 0.25) is 0 Å². The average Bonchev–Trinajstić information content (AvgIpc) is 2.67. The van der Waals surface area contributed by atoms with Crippen LogP contribution in [0.15, 0.2) is 60.7 Å². The van der Waals surface area contributed by atoms with Crippen molar-refractivity contribution >= 4 is 23.2 Å². The van der Waals surface area contributed by atoms with Gasteiger partial charge in [-0.3, -0.25) is 9.59 Å². The fourth-order valence-corrected chi connectivity index (χ4v) is 3.07. The van der Waals surface area contributed by atoms with Crippen LogP contribution in [-0.2, 0) is 6.42 Å². The molecule has 0 heterocycles. The Hall–Kier alpha value is -3.60. The Labute approximate surface area is 164 Å². The van der Waals surface area contributed by atoms with E-state index < -0.39 is 5.91 Å². The zero-order valence-corrected chi connectivity index (χ0v) is 16.0. The van der Waals surface area contributed by atoms with Crippen molar-refractivity contribution in [1.82, 2.24) is 0 Å². The zero-order valence-electron chi connectivity index (χ0n) is 16.0. The lowest BCUT2D eigenvalue weighted by molar-refractivity contribution is 0.1000. The smallest absolute Gasteiger partial charge is 0.255 e. The minimum atomic E-state index is -0.562. The lowest BCUT2D eigenvalue weighted by Gasteiger charge is -2.11. The van der Waals surface area contributed by atoms with Gasteiger partial charge in [0.25, 0.3) is 5.91 Å². The van der Waals surface area contributed by atoms with Gasteiger partial charge in [-0.05, 0) is 72.9 Å². The highest BCUT2D eigenvalue weighted by atomic mass is 16.2. The molecule has 2 amide bonds. The lowest BCUT2D eigenvalue weighted by Crippen LogP contribution is -2.15. The Morgan fingerprint density at radius 2 is 1.50 bits per heavy atom. The number of nitrogens with two attached hydrogens (primary N) is 2. The first kappa shape index (κ1) is 19.2. The van der Waals surface area contributed by atoms with E-state index in [9.17, 15) is 9.59 Å². The molecule has 3 aromatic rings. The van der Waals surface area contributed by atoms with Crippen molar-refractivity contribution in [1.29, 1.82) is 0 Å². The fraction of sp³-hybridized carbons (Fsp3) is 0.130. The number of amides is 2. The number of nitrogen functional groups attached to an aromatic ring is 1. The second kappa shape index (κ2) is 7.96. The Balaban J connectivity index is 1.75. The number of anilines is 2. The van der Waals surface area contributed by atoms with E-state index in [0.29, 0.717) is 11.1 Å². The third-order valence-corrected chi connectivity index (χ3v) is 4.69. The number of aryl methyl sites for hydroxylation is 2. The molecule has 5 nitrogen and oxygen atoms in total. The lowest BCUT2D eigenvalue weighted by atomic mass is 10.00. The van der Waals surface area contributed by atoms with Crippen LogP contribution in [0.1, 0.15) is 43.0 Å². The predicted octanol–water partition coefficient (Wildman–Crippen LogP) is 3.83. The molecule has 0 saturated heterocycles. The van der Waals surface area contributed by atoms with E-state index in [4.69, 9.17) is 11.5 Å². The number of hydrogen-bond donors (Lipinski definition) is 3. The van der Waals surface area contributed by atoms with Crippen LogP contribution in [0.3, 0.4) is 0 Å². The number of nitrogens with one attached hydrogen (secondary N) is 1. The van der Waals surface area contributed by atoms with Crippen molar-refractivity contribution in [3.63, 3.8) is 0 Å². The average molecular weight is 373 g/mol. The maximum Gasteiger partial charge on any atom is 0.255 e. The minimum absolute atomic E-state index is 0.284. The van der Waals surface area contributed by atoms with E-state index >= 15 is 0 Å². The molecule has 5 N–H and O–H groups in total. The molecule has 0 aliphatic carbocycles. The van der Waals surface area contributed by atoms with Gasteiger partial charge < -0.3 is 16.8 Å². The van der Waals surface area contributed by atoms with Crippen molar-refractivity contribution in [3.8, 4) is 0 Å². The van der Waals surface area contributed by atoms with Gasteiger partial charge in [-0.15, -0.1) is 0 Å². The zero-order chi connectivity index (χ0) is 20.3. The summed E-state index contributed by atoms with van der Waals surface area (Å²) in [6.07, 6.45) is 0.789. The molecule has 142 valence electrons. The van der Waals surface area contributed by atoms with E-state index in [1.807, 2.05) is 38.1 Å². The molecule has 0 atom stereocenters. The summed E-state index contributed by atoms with van der Waals surface area (Å²) < 4.78 is 0. The highest BCUT2D eigenvalue weighted by Gasteiger charge is 2.11. The summed E-state index contributed by atoms with van der Waals surface area (Å²) in [5, 5.41) is 2.89. The number of benzene rings is 3. The second-order valence-corrected chi connectivity index (χ2v) is 6.92. The first-order valence-electron chi connectivity index (χ1n) is 8.99. The van der Waals surface area contributed by atoms with Crippen LogP contribution in [0.4, 0.5) is 11.4 Å². The molecule has 0 aliphatic rings. The van der Waals surface area contributed by atoms with E-state index in [-0.39, 0.29) is 5.91 Å². The summed E-state index contributed by atoms with van der Waals surface area (Å²) in [7, 11) is 0. The summed E-state index contributed by atoms with van der Waals surface area (Å²) in [5.41, 5.74) is 17.7. The number of hydrogen-bond acceptors (Lipinski definition) is 3. The van der Waals surface area contributed by atoms with Gasteiger partial charge in [-0.1, -0.05) is 30.3 Å². The van der Waals surface area contributed by atoms with Gasteiger partial charge in [0.05, 0.1) is 0 Å². The van der Waals surface area contributed by atoms with Crippen LogP contribution < -0.4 is 16.8 Å². The molecule has 3 rings (SSSR count). The first-order valence-corrected chi connectivity index (χ1v) is 8.99. The maximum absolute atomic E-state index is 12.5. The fourth-order valence-electron chi connectivity index (χ4n) is 3.07. The van der Waals surface area contributed by atoms with Gasteiger partial charge >= 0.3 is 0 Å². The van der Waals surface area contributed by atoms with Crippen molar-refractivity contribution in [2.45, 2.75) is 20.3 Å². The molecule has 0 unspecified atom stereocenters. The number of primary amides is 1. The third-order valence-electron chi connectivity index (χ3n) is 4.69. The molecular weight excluding hydrogens is 350 g/mol. The molecule has 5 heteroatoms. The minimum Gasteiger partial charge on any atom is -0.399 e. The van der Waals surface area contributed by atoms with E-state index in [1.165, 1.54) is 11.6 Å². The molecule has 0 aliphatic heterocycles. The van der Waals surface area contributed by atoms with Crippen molar-refractivity contribution in [2.75, 3.05) is 11.1 Å². The van der Waals surface area contributed by atoms with Crippen LogP contribution >= 0.6 is 0 Å². The van der Waals surface area contributed by atoms with Gasteiger partial charge in [0.2, 0.25) is 5.91 Å². The molecule has 3 aromatic carbocycles. The first-order chi connectivity index (χ1) is 13.3. The highest BCUT2D eigenvalue weighted by molar-refractivity contribution is 6.06. The molecule has 0 bridgehead atoms. The van der Waals surface area contributed by atoms with Crippen LogP contribution in [0.25, 0.3) is 0 Å². The molecule has 28 heavy (non-hydrogen) atoms. The number of carbonyl (C=O) groups is 2. The third kappa shape index (κ3) is 4.38. The Morgan fingerprint density at radius 1 is 0.857 bits per heavy atom. The second-order valence-electron chi connectivity index (χ2n) is 6.92. The van der Waals surface area contributed by atoms with Gasteiger partial charge in [0, 0.05) is 22.5 Å². The van der Waals surface area contributed by atoms with Gasteiger partial charge in [0.15, 0.2) is 0 Å². The monoisotopic (exact) mass is 373 g/mol. The van der Waals surface area contributed by atoms with Crippen molar-refractivity contribution in [2.24, 2.45) is 5.73 Å². The van der Waals surface area contributed by atoms with E-state index in [1.54, 1.807) is 18.2 Å². The van der Waals surface area contributed by atoms with E-state index in [0.717, 1.165) is 34.5 Å². The van der Waals surface area contributed by atoms with Gasteiger partial charge in [0.1, 0.15) is 0 Å². The van der Waals surface area contributed by atoms with Gasteiger partial charge in [-0.25, -0.2) is 0 Å². The highest BCUT2D eigenvalue weighted by Crippen LogP contribution is 2.21. The molecule has 0 spiro atoms. The molecule has 0 aromatic heterocycles. The maximum atomic E-state index is 12.5. The summed E-state index contributed by atoms with van der Waals surface area (Å²) in [6, 6.07) is 18.3. The van der Waals surface area contributed by atoms with E-state index in [2.05, 4.69) is 17.4 Å². The molecule has 0 saturated carbocycles. The molecule has 0 fully saturated rings. The number of carbonyl (C=O) groups excluding carboxylic acids is 2. The summed E-state index contributed by atoms with van der Waals surface area (Å²) in [4.78, 5) is 23.8. The van der Waals surface area contributed by atoms with Crippen LogP contribution in [-0.4, -0.2) is 11.8 Å². The van der Waals surface area contributed by atoms with Crippen molar-refractivity contribution < 1.29 is 9.59 Å². The summed E-state index contributed by atoms with van der Waals surface area (Å²) in [6.45, 7) is 3.95. The molecular formula is C23H23N3O2. The van der Waals surface area contributed by atoms with Crippen molar-refractivity contribution in [3.05, 3.63) is 94.0 Å². The Bertz CT molecular complexity index is 1060. The van der Waals surface area contributed by atoms with Gasteiger partial charge in [-0.2, -0.15) is 0 Å². The Morgan fingerprint density at radius 3 is 2.14 bits per heavy atom. The summed E-state index contributed by atoms with van der Waals surface area (Å²) >= 11 is 0. The Kier molecular flexibility index (Phi) is 5.45. The largest absolute Gasteiger partial charge is 0.399 e. The number of rotatable bonds is 5. The van der Waals surface area contributed by atoms with Crippen LogP contribution in [0, 0.1) is 13.8 Å². The predicted molar refractivity (Wildman–Crippen MR) is 112 cm³/mol. The summed E-state index contributed by atoms with van der Waals surface area (Å²) in [5.74, 6) is -0.846. The van der Waals surface area contributed by atoms with Crippen LogP contribution in [0.5, 0.6) is 0 Å². The SMILES string of the molecule is Cc1cc(Cc2ccc(NC(=O)c3cccc(C(N)=O)c3)c(C)c2)ccc1N.